The lowest BCUT2D eigenvalue weighted by atomic mass is 10.1. The van der Waals surface area contributed by atoms with Crippen LogP contribution in [0.4, 0.5) is 11.6 Å². The Labute approximate surface area is 161 Å². The summed E-state index contributed by atoms with van der Waals surface area (Å²) in [6, 6.07) is 9.69. The topological polar surface area (TPSA) is 83.1 Å². The third-order valence-corrected chi connectivity index (χ3v) is 5.15. The number of fused-ring (bicyclic) bond motifs is 4. The van der Waals surface area contributed by atoms with Crippen LogP contribution in [0.1, 0.15) is 35.0 Å². The summed E-state index contributed by atoms with van der Waals surface area (Å²) in [5.41, 5.74) is 2.75. The quantitative estimate of drug-likeness (QED) is 0.755. The first-order valence-corrected chi connectivity index (χ1v) is 9.32. The second kappa shape index (κ2) is 6.30. The summed E-state index contributed by atoms with van der Waals surface area (Å²) in [5, 5.41) is 3.95. The Morgan fingerprint density at radius 1 is 1.36 bits per heavy atom. The number of amidine groups is 1. The molecule has 7 nitrogen and oxygen atoms in total. The summed E-state index contributed by atoms with van der Waals surface area (Å²) in [5.74, 6) is 1.51. The second-order valence-corrected chi connectivity index (χ2v) is 6.99. The molecule has 5 rings (SSSR count). The number of hydrogen-bond acceptors (Lipinski definition) is 6. The van der Waals surface area contributed by atoms with E-state index in [1.165, 1.54) is 0 Å². The Kier molecular flexibility index (Phi) is 3.75. The molecule has 0 radical (unpaired) electrons. The molecule has 1 atom stereocenters. The normalized spacial score (nSPS) is 17.4. The number of amides is 1. The SMILES string of the molecule is CC[C@@H]1CN2C=Nc3oc(C)c(C(=O)Nc4ccc5ncccc5c4)c3C2=N1. The number of aryl methyl sites for hydroxylation is 1. The van der Waals surface area contributed by atoms with E-state index in [2.05, 4.69) is 22.2 Å². The highest BCUT2D eigenvalue weighted by Gasteiger charge is 2.35. The maximum absolute atomic E-state index is 13.1. The largest absolute Gasteiger partial charge is 0.442 e. The van der Waals surface area contributed by atoms with Crippen molar-refractivity contribution in [3.63, 3.8) is 0 Å². The van der Waals surface area contributed by atoms with E-state index in [1.54, 1.807) is 19.5 Å². The molecule has 2 aliphatic rings. The molecule has 0 aliphatic carbocycles. The molecule has 2 aliphatic heterocycles. The van der Waals surface area contributed by atoms with Crippen LogP contribution in [0.25, 0.3) is 10.9 Å². The van der Waals surface area contributed by atoms with Crippen molar-refractivity contribution in [1.29, 1.82) is 0 Å². The van der Waals surface area contributed by atoms with Crippen LogP contribution in [0.3, 0.4) is 0 Å². The van der Waals surface area contributed by atoms with Gasteiger partial charge >= 0.3 is 0 Å². The van der Waals surface area contributed by atoms with Gasteiger partial charge in [0.05, 0.1) is 22.7 Å². The fraction of sp³-hybridized carbons (Fsp3) is 0.238. The Hall–Kier alpha value is -3.48. The minimum absolute atomic E-state index is 0.200. The molecule has 28 heavy (non-hydrogen) atoms. The average molecular weight is 373 g/mol. The molecule has 140 valence electrons. The minimum Gasteiger partial charge on any atom is -0.442 e. The molecule has 0 bridgehead atoms. The number of anilines is 1. The van der Waals surface area contributed by atoms with Gasteiger partial charge in [0, 0.05) is 23.8 Å². The van der Waals surface area contributed by atoms with E-state index in [9.17, 15) is 4.79 Å². The van der Waals surface area contributed by atoms with Crippen LogP contribution in [0.2, 0.25) is 0 Å². The lowest BCUT2D eigenvalue weighted by Gasteiger charge is -2.18. The van der Waals surface area contributed by atoms with Gasteiger partial charge in [-0.2, -0.15) is 0 Å². The fourth-order valence-electron chi connectivity index (χ4n) is 3.70. The van der Waals surface area contributed by atoms with Gasteiger partial charge < -0.3 is 14.6 Å². The van der Waals surface area contributed by atoms with Crippen LogP contribution in [0.15, 0.2) is 50.9 Å². The first-order chi connectivity index (χ1) is 13.6. The van der Waals surface area contributed by atoms with Crippen LogP contribution < -0.4 is 5.32 Å². The molecule has 0 saturated carbocycles. The third kappa shape index (κ3) is 2.58. The predicted octanol–water partition coefficient (Wildman–Crippen LogP) is 3.90. The molecule has 4 heterocycles. The van der Waals surface area contributed by atoms with E-state index in [1.807, 2.05) is 35.2 Å². The summed E-state index contributed by atoms with van der Waals surface area (Å²) >= 11 is 0. The monoisotopic (exact) mass is 373 g/mol. The van der Waals surface area contributed by atoms with Crippen molar-refractivity contribution in [3.05, 3.63) is 53.4 Å². The van der Waals surface area contributed by atoms with Crippen molar-refractivity contribution < 1.29 is 9.21 Å². The molecule has 0 fully saturated rings. The van der Waals surface area contributed by atoms with E-state index < -0.39 is 0 Å². The fourth-order valence-corrected chi connectivity index (χ4v) is 3.70. The highest BCUT2D eigenvalue weighted by Crippen LogP contribution is 2.35. The summed E-state index contributed by atoms with van der Waals surface area (Å²) in [7, 11) is 0. The lowest BCUT2D eigenvalue weighted by Crippen LogP contribution is -2.31. The molecular formula is C21H19N5O2. The zero-order valence-corrected chi connectivity index (χ0v) is 15.6. The molecule has 7 heteroatoms. The van der Waals surface area contributed by atoms with Crippen LogP contribution >= 0.6 is 0 Å². The van der Waals surface area contributed by atoms with Crippen molar-refractivity contribution in [3.8, 4) is 0 Å². The Balaban J connectivity index is 1.52. The summed E-state index contributed by atoms with van der Waals surface area (Å²) in [6.07, 6.45) is 4.42. The van der Waals surface area contributed by atoms with Crippen LogP contribution in [0, 0.1) is 6.92 Å². The average Bonchev–Trinajstić information content (AvgIpc) is 3.27. The number of aromatic nitrogens is 1. The molecule has 1 amide bonds. The zero-order chi connectivity index (χ0) is 19.3. The Morgan fingerprint density at radius 2 is 2.25 bits per heavy atom. The second-order valence-electron chi connectivity index (χ2n) is 6.99. The van der Waals surface area contributed by atoms with Crippen molar-refractivity contribution in [1.82, 2.24) is 9.88 Å². The number of carbonyl (C=O) groups is 1. The molecule has 1 aromatic carbocycles. The Morgan fingerprint density at radius 3 is 3.11 bits per heavy atom. The molecule has 0 saturated heterocycles. The number of nitrogens with zero attached hydrogens (tertiary/aromatic N) is 4. The van der Waals surface area contributed by atoms with Gasteiger partial charge in [0.15, 0.2) is 0 Å². The number of carbonyl (C=O) groups excluding carboxylic acids is 1. The lowest BCUT2D eigenvalue weighted by molar-refractivity contribution is 0.102. The van der Waals surface area contributed by atoms with Gasteiger partial charge in [-0.15, -0.1) is 0 Å². The highest BCUT2D eigenvalue weighted by molar-refractivity contribution is 6.20. The van der Waals surface area contributed by atoms with Crippen molar-refractivity contribution in [2.24, 2.45) is 9.98 Å². The van der Waals surface area contributed by atoms with Gasteiger partial charge in [-0.1, -0.05) is 13.0 Å². The van der Waals surface area contributed by atoms with E-state index in [0.29, 0.717) is 28.5 Å². The van der Waals surface area contributed by atoms with Gasteiger partial charge in [-0.05, 0) is 37.6 Å². The smallest absolute Gasteiger partial charge is 0.260 e. The van der Waals surface area contributed by atoms with Gasteiger partial charge in [-0.25, -0.2) is 4.99 Å². The molecule has 0 spiro atoms. The van der Waals surface area contributed by atoms with E-state index in [0.717, 1.165) is 29.7 Å². The maximum Gasteiger partial charge on any atom is 0.260 e. The van der Waals surface area contributed by atoms with Gasteiger partial charge in [0.2, 0.25) is 5.88 Å². The molecular weight excluding hydrogens is 354 g/mol. The number of rotatable bonds is 3. The first-order valence-electron chi connectivity index (χ1n) is 9.32. The number of furan rings is 1. The summed E-state index contributed by atoms with van der Waals surface area (Å²) in [6.45, 7) is 4.66. The van der Waals surface area contributed by atoms with E-state index in [4.69, 9.17) is 9.41 Å². The molecule has 2 aromatic heterocycles. The van der Waals surface area contributed by atoms with Crippen LogP contribution in [-0.4, -0.2) is 40.6 Å². The predicted molar refractivity (Wildman–Crippen MR) is 109 cm³/mol. The summed E-state index contributed by atoms with van der Waals surface area (Å²) in [4.78, 5) is 28.6. The van der Waals surface area contributed by atoms with Crippen molar-refractivity contribution in [2.75, 3.05) is 11.9 Å². The number of benzene rings is 1. The van der Waals surface area contributed by atoms with Gasteiger partial charge in [0.25, 0.3) is 5.91 Å². The zero-order valence-electron chi connectivity index (χ0n) is 15.6. The van der Waals surface area contributed by atoms with Crippen molar-refractivity contribution >= 4 is 40.6 Å². The van der Waals surface area contributed by atoms with Gasteiger partial charge in [-0.3, -0.25) is 14.8 Å². The number of pyridine rings is 1. The van der Waals surface area contributed by atoms with Crippen molar-refractivity contribution in [2.45, 2.75) is 26.3 Å². The van der Waals surface area contributed by atoms with E-state index >= 15 is 0 Å². The number of hydrogen-bond donors (Lipinski definition) is 1. The van der Waals surface area contributed by atoms with Crippen LogP contribution in [0.5, 0.6) is 0 Å². The molecule has 0 unspecified atom stereocenters. The van der Waals surface area contributed by atoms with Gasteiger partial charge in [0.1, 0.15) is 17.9 Å². The number of nitrogens with one attached hydrogen (secondary N) is 1. The molecule has 1 N–H and O–H groups in total. The standard InChI is InChI=1S/C21H19N5O2/c1-3-14-10-26-11-23-21-18(19(26)24-14)17(12(2)28-21)20(27)25-15-6-7-16-13(9-15)5-4-8-22-16/h4-9,11,14H,3,10H2,1-2H3,(H,25,27)/t14-/m1/s1. The number of aliphatic imine (C=N–C) groups is 2. The third-order valence-electron chi connectivity index (χ3n) is 5.15. The molecule has 3 aromatic rings. The van der Waals surface area contributed by atoms with Crippen LogP contribution in [-0.2, 0) is 0 Å². The first kappa shape index (κ1) is 16.7. The maximum atomic E-state index is 13.1. The Bertz CT molecular complexity index is 1160. The van der Waals surface area contributed by atoms with E-state index in [-0.39, 0.29) is 11.9 Å². The minimum atomic E-state index is -0.231. The highest BCUT2D eigenvalue weighted by atomic mass is 16.4. The summed E-state index contributed by atoms with van der Waals surface area (Å²) < 4.78 is 5.77.